The molecule has 2 aromatic rings. The van der Waals surface area contributed by atoms with Gasteiger partial charge >= 0.3 is 0 Å². The maximum atomic E-state index is 11.0. The van der Waals surface area contributed by atoms with Crippen LogP contribution in [0.15, 0.2) is 53.8 Å². The Morgan fingerprint density at radius 2 is 1.88 bits per heavy atom. The zero-order chi connectivity index (χ0) is 18.5. The lowest BCUT2D eigenvalue weighted by atomic mass is 10.2. The minimum Gasteiger partial charge on any atom is -0.328 e. The maximum Gasteiger partial charge on any atom is 0.276 e. The Morgan fingerprint density at radius 1 is 1.12 bits per heavy atom. The first-order valence-corrected chi connectivity index (χ1v) is 8.38. The molecule has 0 unspecified atom stereocenters. The summed E-state index contributed by atoms with van der Waals surface area (Å²) in [6, 6.07) is 14.1. The fraction of sp³-hybridized carbons (Fsp3) is 0.333. The normalized spacial score (nSPS) is 16.9. The lowest BCUT2D eigenvalue weighted by Crippen LogP contribution is -2.56. The minimum absolute atomic E-state index is 0.361. The molecule has 0 bridgehead atoms. The van der Waals surface area contributed by atoms with E-state index in [0.717, 1.165) is 17.8 Å². The van der Waals surface area contributed by atoms with Crippen molar-refractivity contribution in [1.29, 1.82) is 0 Å². The lowest BCUT2D eigenvalue weighted by molar-refractivity contribution is -0.486. The first kappa shape index (κ1) is 17.8. The highest BCUT2D eigenvalue weighted by Gasteiger charge is 2.29. The average Bonchev–Trinajstić information content (AvgIpc) is 2.61. The highest BCUT2D eigenvalue weighted by molar-refractivity contribution is 5.79. The quantitative estimate of drug-likeness (QED) is 0.604. The maximum absolute atomic E-state index is 11.0. The summed E-state index contributed by atoms with van der Waals surface area (Å²) in [5.41, 5.74) is 3.13. The van der Waals surface area contributed by atoms with E-state index >= 15 is 0 Å². The molecular formula is C18H22N6O2. The first-order chi connectivity index (χ1) is 12.5. The van der Waals surface area contributed by atoms with Crippen molar-refractivity contribution in [3.05, 3.63) is 75.6 Å². The van der Waals surface area contributed by atoms with Gasteiger partial charge in [-0.05, 0) is 24.1 Å². The van der Waals surface area contributed by atoms with Crippen LogP contribution in [0.1, 0.15) is 16.8 Å². The second-order valence-electron chi connectivity index (χ2n) is 6.44. The number of rotatable bonds is 5. The highest BCUT2D eigenvalue weighted by Crippen LogP contribution is 2.16. The Bertz CT molecular complexity index is 778. The van der Waals surface area contributed by atoms with Crippen LogP contribution in [0.2, 0.25) is 0 Å². The Morgan fingerprint density at radius 3 is 2.54 bits per heavy atom. The molecule has 0 aliphatic carbocycles. The lowest BCUT2D eigenvalue weighted by Gasteiger charge is -2.41. The van der Waals surface area contributed by atoms with Gasteiger partial charge in [-0.3, -0.25) is 9.88 Å². The van der Waals surface area contributed by atoms with Crippen LogP contribution in [0.3, 0.4) is 0 Å². The van der Waals surface area contributed by atoms with E-state index in [2.05, 4.69) is 27.1 Å². The molecule has 1 aliphatic rings. The van der Waals surface area contributed by atoms with Gasteiger partial charge in [-0.2, -0.15) is 0 Å². The summed E-state index contributed by atoms with van der Waals surface area (Å²) in [7, 11) is 1.82. The average molecular weight is 354 g/mol. The molecule has 2 heterocycles. The zero-order valence-corrected chi connectivity index (χ0v) is 14.9. The fourth-order valence-electron chi connectivity index (χ4n) is 3.04. The third kappa shape index (κ3) is 4.54. The van der Waals surface area contributed by atoms with Crippen LogP contribution < -0.4 is 0 Å². The van der Waals surface area contributed by atoms with Gasteiger partial charge in [-0.1, -0.05) is 36.4 Å². The van der Waals surface area contributed by atoms with Crippen molar-refractivity contribution in [2.75, 3.05) is 20.4 Å². The summed E-state index contributed by atoms with van der Waals surface area (Å²) in [5, 5.41) is 13.9. The monoisotopic (exact) mass is 354 g/mol. The summed E-state index contributed by atoms with van der Waals surface area (Å²) in [6.45, 7) is 4.33. The van der Waals surface area contributed by atoms with Crippen LogP contribution in [-0.2, 0) is 13.1 Å². The molecule has 1 aromatic carbocycles. The third-order valence-electron chi connectivity index (χ3n) is 4.17. The molecule has 0 atom stereocenters. The van der Waals surface area contributed by atoms with Crippen molar-refractivity contribution in [1.82, 2.24) is 19.7 Å². The van der Waals surface area contributed by atoms with Gasteiger partial charge < -0.3 is 9.80 Å². The zero-order valence-electron chi connectivity index (χ0n) is 14.9. The first-order valence-electron chi connectivity index (χ1n) is 8.38. The molecule has 1 fully saturated rings. The fourth-order valence-corrected chi connectivity index (χ4v) is 3.04. The van der Waals surface area contributed by atoms with E-state index in [4.69, 9.17) is 0 Å². The molecule has 26 heavy (non-hydrogen) atoms. The molecule has 0 amide bonds. The summed E-state index contributed by atoms with van der Waals surface area (Å²) in [4.78, 5) is 21.2. The number of hydrogen-bond donors (Lipinski definition) is 0. The molecule has 8 nitrogen and oxygen atoms in total. The van der Waals surface area contributed by atoms with E-state index in [1.165, 1.54) is 5.56 Å². The number of aryl methyl sites for hydroxylation is 1. The van der Waals surface area contributed by atoms with Crippen molar-refractivity contribution in [2.45, 2.75) is 20.0 Å². The SMILES string of the molecule is Cc1ccc(CN2CN(Cc3ccccc3)CN(C)/C2=N\[N+](=O)[O-])cn1. The Balaban J connectivity index is 1.80. The van der Waals surface area contributed by atoms with E-state index in [-0.39, 0.29) is 0 Å². The van der Waals surface area contributed by atoms with E-state index in [9.17, 15) is 10.1 Å². The predicted molar refractivity (Wildman–Crippen MR) is 98.4 cm³/mol. The van der Waals surface area contributed by atoms with Crippen LogP contribution in [0.5, 0.6) is 0 Å². The molecule has 0 saturated carbocycles. The van der Waals surface area contributed by atoms with Gasteiger partial charge in [0, 0.05) is 32.0 Å². The molecule has 136 valence electrons. The van der Waals surface area contributed by atoms with Gasteiger partial charge in [0.15, 0.2) is 5.03 Å². The molecular weight excluding hydrogens is 332 g/mol. The summed E-state index contributed by atoms with van der Waals surface area (Å²) >= 11 is 0. The molecule has 0 spiro atoms. The number of nitrogens with zero attached hydrogens (tertiary/aromatic N) is 6. The van der Waals surface area contributed by atoms with E-state index in [1.807, 2.05) is 49.2 Å². The number of benzene rings is 1. The summed E-state index contributed by atoms with van der Waals surface area (Å²) in [6.07, 6.45) is 1.80. The predicted octanol–water partition coefficient (Wildman–Crippen LogP) is 2.10. The van der Waals surface area contributed by atoms with Crippen molar-refractivity contribution in [3.63, 3.8) is 0 Å². The minimum atomic E-state index is -0.640. The van der Waals surface area contributed by atoms with Crippen molar-refractivity contribution in [3.8, 4) is 0 Å². The molecule has 3 rings (SSSR count). The second kappa shape index (κ2) is 7.92. The largest absolute Gasteiger partial charge is 0.328 e. The number of guanidine groups is 1. The Hall–Kier alpha value is -3.00. The number of nitro groups is 1. The Labute approximate surface area is 152 Å². The van der Waals surface area contributed by atoms with Gasteiger partial charge in [-0.15, -0.1) is 0 Å². The van der Waals surface area contributed by atoms with Crippen molar-refractivity contribution in [2.24, 2.45) is 5.10 Å². The van der Waals surface area contributed by atoms with Gasteiger partial charge in [0.2, 0.25) is 0 Å². The van der Waals surface area contributed by atoms with E-state index < -0.39 is 5.03 Å². The van der Waals surface area contributed by atoms with Gasteiger partial charge in [0.25, 0.3) is 5.96 Å². The van der Waals surface area contributed by atoms with E-state index in [1.54, 1.807) is 11.1 Å². The molecule has 8 heteroatoms. The topological polar surface area (TPSA) is 78.1 Å². The second-order valence-corrected chi connectivity index (χ2v) is 6.44. The highest BCUT2D eigenvalue weighted by atomic mass is 16.7. The van der Waals surface area contributed by atoms with Gasteiger partial charge in [0.1, 0.15) is 5.10 Å². The molecule has 1 aromatic heterocycles. The van der Waals surface area contributed by atoms with Crippen LogP contribution in [-0.4, -0.2) is 51.1 Å². The Kier molecular flexibility index (Phi) is 5.43. The third-order valence-corrected chi connectivity index (χ3v) is 4.17. The summed E-state index contributed by atoms with van der Waals surface area (Å²) in [5.74, 6) is 0.361. The molecule has 1 aliphatic heterocycles. The van der Waals surface area contributed by atoms with Gasteiger partial charge in [-0.25, -0.2) is 10.1 Å². The standard InChI is InChI=1S/C18H22N6O2/c1-15-8-9-17(10-19-15)12-23-14-22(11-16-6-4-3-5-7-16)13-21(2)18(23)20-24(25)26/h3-10H,11-14H2,1-2H3/b20-18+. The number of pyridine rings is 1. The smallest absolute Gasteiger partial charge is 0.276 e. The van der Waals surface area contributed by atoms with Crippen LogP contribution in [0.25, 0.3) is 0 Å². The number of hydrazone groups is 1. The van der Waals surface area contributed by atoms with Crippen molar-refractivity contribution < 1.29 is 5.03 Å². The number of aromatic nitrogens is 1. The molecule has 0 radical (unpaired) electrons. The summed E-state index contributed by atoms with van der Waals surface area (Å²) < 4.78 is 0. The number of hydrogen-bond acceptors (Lipinski definition) is 4. The molecule has 0 N–H and O–H groups in total. The van der Waals surface area contributed by atoms with Crippen LogP contribution in [0, 0.1) is 17.0 Å². The van der Waals surface area contributed by atoms with Crippen LogP contribution >= 0.6 is 0 Å². The van der Waals surface area contributed by atoms with Gasteiger partial charge in [0.05, 0.1) is 13.3 Å². The molecule has 1 saturated heterocycles. The van der Waals surface area contributed by atoms with E-state index in [0.29, 0.717) is 25.8 Å². The van der Waals surface area contributed by atoms with Crippen molar-refractivity contribution >= 4 is 5.96 Å². The van der Waals surface area contributed by atoms with Crippen LogP contribution in [0.4, 0.5) is 0 Å².